The van der Waals surface area contributed by atoms with Gasteiger partial charge in [0.2, 0.25) is 0 Å². The molecule has 4 rings (SSSR count). The van der Waals surface area contributed by atoms with E-state index in [1.165, 1.54) is 11.3 Å². The molecular weight excluding hydrogens is 360 g/mol. The minimum atomic E-state index is -2.94. The first-order valence-electron chi connectivity index (χ1n) is 8.29. The van der Waals surface area contributed by atoms with E-state index >= 15 is 0 Å². The molecule has 9 heteroatoms. The van der Waals surface area contributed by atoms with Gasteiger partial charge in [0.25, 0.3) is 5.91 Å². The average Bonchev–Trinajstić information content (AvgIpc) is 3.31. The molecule has 2 aromatic heterocycles. The van der Waals surface area contributed by atoms with Crippen LogP contribution < -0.4 is 5.32 Å². The van der Waals surface area contributed by atoms with Crippen molar-refractivity contribution in [2.45, 2.75) is 37.6 Å². The van der Waals surface area contributed by atoms with E-state index < -0.39 is 9.84 Å². The number of amides is 1. The molecule has 1 aliphatic carbocycles. The van der Waals surface area contributed by atoms with E-state index in [4.69, 9.17) is 0 Å². The molecule has 132 valence electrons. The van der Waals surface area contributed by atoms with Crippen molar-refractivity contribution in [1.29, 1.82) is 0 Å². The predicted octanol–water partition coefficient (Wildman–Crippen LogP) is 1.78. The van der Waals surface area contributed by atoms with Gasteiger partial charge in [-0.25, -0.2) is 18.4 Å². The van der Waals surface area contributed by atoms with Crippen LogP contribution in [0, 0.1) is 0 Å². The van der Waals surface area contributed by atoms with Crippen LogP contribution in [0.4, 0.5) is 0 Å². The highest BCUT2D eigenvalue weighted by Crippen LogP contribution is 2.39. The Bertz CT molecular complexity index is 878. The second-order valence-corrected chi connectivity index (χ2v) is 9.73. The maximum Gasteiger partial charge on any atom is 0.270 e. The Balaban J connectivity index is 1.55. The van der Waals surface area contributed by atoms with Crippen LogP contribution in [0.2, 0.25) is 0 Å². The third kappa shape index (κ3) is 3.87. The van der Waals surface area contributed by atoms with Crippen molar-refractivity contribution in [2.24, 2.45) is 0 Å². The number of carbonyl (C=O) groups excluding carboxylic acids is 1. The Hall–Kier alpha value is -1.87. The van der Waals surface area contributed by atoms with Crippen molar-refractivity contribution < 1.29 is 13.2 Å². The zero-order chi connectivity index (χ0) is 17.4. The monoisotopic (exact) mass is 378 g/mol. The smallest absolute Gasteiger partial charge is 0.270 e. The standard InChI is InChI=1S/C16H18N4O3S2/c21-16(18-11-3-5-25(22,23)6-4-11)13-7-12(10-1-2-10)19-15(20-13)14-8-17-9-24-14/h7-11H,1-6H2,(H,18,21). The lowest BCUT2D eigenvalue weighted by Gasteiger charge is -2.22. The van der Waals surface area contributed by atoms with Gasteiger partial charge >= 0.3 is 0 Å². The van der Waals surface area contributed by atoms with Gasteiger partial charge in [-0.15, -0.1) is 11.3 Å². The Morgan fingerprint density at radius 2 is 1.92 bits per heavy atom. The molecule has 0 aromatic carbocycles. The molecule has 2 aliphatic rings. The Kier molecular flexibility index (Phi) is 4.28. The van der Waals surface area contributed by atoms with E-state index in [-0.39, 0.29) is 23.5 Å². The number of nitrogens with zero attached hydrogens (tertiary/aromatic N) is 3. The van der Waals surface area contributed by atoms with Crippen LogP contribution in [-0.2, 0) is 9.84 Å². The fourth-order valence-electron chi connectivity index (χ4n) is 2.90. The van der Waals surface area contributed by atoms with Crippen molar-refractivity contribution in [3.8, 4) is 10.7 Å². The minimum absolute atomic E-state index is 0.123. The van der Waals surface area contributed by atoms with Gasteiger partial charge in [-0.2, -0.15) is 0 Å². The summed E-state index contributed by atoms with van der Waals surface area (Å²) in [4.78, 5) is 26.5. The molecule has 2 fully saturated rings. The Morgan fingerprint density at radius 1 is 1.16 bits per heavy atom. The van der Waals surface area contributed by atoms with Gasteiger partial charge in [0.05, 0.1) is 21.9 Å². The second-order valence-electron chi connectivity index (χ2n) is 6.54. The number of hydrogen-bond donors (Lipinski definition) is 1. The number of carbonyl (C=O) groups is 1. The third-order valence-electron chi connectivity index (χ3n) is 4.52. The van der Waals surface area contributed by atoms with Gasteiger partial charge in [-0.3, -0.25) is 9.78 Å². The van der Waals surface area contributed by atoms with Crippen LogP contribution in [0.25, 0.3) is 10.7 Å². The quantitative estimate of drug-likeness (QED) is 0.870. The van der Waals surface area contributed by atoms with E-state index in [0.717, 1.165) is 23.4 Å². The highest BCUT2D eigenvalue weighted by atomic mass is 32.2. The second kappa shape index (κ2) is 6.45. The van der Waals surface area contributed by atoms with Crippen molar-refractivity contribution in [3.63, 3.8) is 0 Å². The summed E-state index contributed by atoms with van der Waals surface area (Å²) in [5.74, 6) is 0.922. The molecule has 1 N–H and O–H groups in total. The predicted molar refractivity (Wildman–Crippen MR) is 94.3 cm³/mol. The highest BCUT2D eigenvalue weighted by Gasteiger charge is 2.29. The van der Waals surface area contributed by atoms with Crippen LogP contribution in [0.15, 0.2) is 17.8 Å². The molecule has 1 amide bonds. The van der Waals surface area contributed by atoms with Crippen LogP contribution >= 0.6 is 11.3 Å². The first kappa shape index (κ1) is 16.6. The number of thiazole rings is 1. The SMILES string of the molecule is O=C(NC1CCS(=O)(=O)CC1)c1cc(C2CC2)nc(-c2cncs2)n1. The maximum atomic E-state index is 12.6. The molecule has 3 heterocycles. The summed E-state index contributed by atoms with van der Waals surface area (Å²) < 4.78 is 23.0. The van der Waals surface area contributed by atoms with Gasteiger partial charge < -0.3 is 5.32 Å². The first-order valence-corrected chi connectivity index (χ1v) is 11.0. The van der Waals surface area contributed by atoms with Crippen molar-refractivity contribution >= 4 is 27.1 Å². The lowest BCUT2D eigenvalue weighted by molar-refractivity contribution is 0.0929. The summed E-state index contributed by atoms with van der Waals surface area (Å²) in [5, 5.41) is 2.93. The van der Waals surface area contributed by atoms with Crippen LogP contribution in [0.1, 0.15) is 47.8 Å². The number of nitrogens with one attached hydrogen (secondary N) is 1. The zero-order valence-corrected chi connectivity index (χ0v) is 15.1. The van der Waals surface area contributed by atoms with E-state index in [9.17, 15) is 13.2 Å². The lowest BCUT2D eigenvalue weighted by atomic mass is 10.1. The highest BCUT2D eigenvalue weighted by molar-refractivity contribution is 7.91. The molecule has 1 aliphatic heterocycles. The van der Waals surface area contributed by atoms with Crippen molar-refractivity contribution in [1.82, 2.24) is 20.3 Å². The van der Waals surface area contributed by atoms with E-state index in [1.807, 2.05) is 0 Å². The normalized spacial score (nSPS) is 20.3. The van der Waals surface area contributed by atoms with Gasteiger partial charge in [0.1, 0.15) is 15.5 Å². The molecule has 1 saturated heterocycles. The number of aromatic nitrogens is 3. The summed E-state index contributed by atoms with van der Waals surface area (Å²) in [6.45, 7) is 0. The molecule has 0 unspecified atom stereocenters. The van der Waals surface area contributed by atoms with Gasteiger partial charge in [-0.1, -0.05) is 0 Å². The lowest BCUT2D eigenvalue weighted by Crippen LogP contribution is -2.41. The van der Waals surface area contributed by atoms with E-state index in [1.54, 1.807) is 17.8 Å². The van der Waals surface area contributed by atoms with Crippen LogP contribution in [0.3, 0.4) is 0 Å². The Labute approximate surface area is 149 Å². The van der Waals surface area contributed by atoms with Crippen molar-refractivity contribution in [3.05, 3.63) is 29.2 Å². The molecular formula is C16H18N4O3S2. The van der Waals surface area contributed by atoms with Crippen LogP contribution in [0.5, 0.6) is 0 Å². The topological polar surface area (TPSA) is 102 Å². The van der Waals surface area contributed by atoms with Gasteiger partial charge in [-0.05, 0) is 31.7 Å². The Morgan fingerprint density at radius 3 is 2.56 bits per heavy atom. The molecule has 0 bridgehead atoms. The summed E-state index contributed by atoms with van der Waals surface area (Å²) in [7, 11) is -2.94. The van der Waals surface area contributed by atoms with Crippen molar-refractivity contribution in [2.75, 3.05) is 11.5 Å². The zero-order valence-electron chi connectivity index (χ0n) is 13.5. The minimum Gasteiger partial charge on any atom is -0.348 e. The first-order chi connectivity index (χ1) is 12.0. The summed E-state index contributed by atoms with van der Waals surface area (Å²) in [6, 6.07) is 1.64. The van der Waals surface area contributed by atoms with Gasteiger partial charge in [0.15, 0.2) is 5.82 Å². The van der Waals surface area contributed by atoms with Crippen LogP contribution in [-0.4, -0.2) is 46.8 Å². The molecule has 0 atom stereocenters. The summed E-state index contributed by atoms with van der Waals surface area (Å²) in [6.07, 6.45) is 4.78. The molecule has 0 radical (unpaired) electrons. The number of hydrogen-bond acceptors (Lipinski definition) is 7. The summed E-state index contributed by atoms with van der Waals surface area (Å²) in [5.41, 5.74) is 2.95. The number of rotatable bonds is 4. The molecule has 1 saturated carbocycles. The molecule has 25 heavy (non-hydrogen) atoms. The maximum absolute atomic E-state index is 12.6. The fraction of sp³-hybridized carbons (Fsp3) is 0.500. The van der Waals surface area contributed by atoms with E-state index in [2.05, 4.69) is 20.3 Å². The van der Waals surface area contributed by atoms with Gasteiger partial charge in [0, 0.05) is 23.9 Å². The molecule has 7 nitrogen and oxygen atoms in total. The largest absolute Gasteiger partial charge is 0.348 e. The third-order valence-corrected chi connectivity index (χ3v) is 7.00. The number of sulfone groups is 1. The molecule has 2 aromatic rings. The molecule has 0 spiro atoms. The summed E-state index contributed by atoms with van der Waals surface area (Å²) >= 11 is 1.44. The fourth-order valence-corrected chi connectivity index (χ4v) is 4.95. The average molecular weight is 378 g/mol. The van der Waals surface area contributed by atoms with E-state index in [0.29, 0.717) is 30.3 Å².